The van der Waals surface area contributed by atoms with Crippen molar-refractivity contribution in [2.75, 3.05) is 0 Å². The molecule has 102 valence electrons. The Labute approximate surface area is 118 Å². The summed E-state index contributed by atoms with van der Waals surface area (Å²) in [7, 11) is 0. The van der Waals surface area contributed by atoms with Crippen LogP contribution in [0.1, 0.15) is 49.2 Å². The van der Waals surface area contributed by atoms with E-state index in [4.69, 9.17) is 0 Å². The summed E-state index contributed by atoms with van der Waals surface area (Å²) in [5.41, 5.74) is 0.736. The third-order valence-corrected chi connectivity index (χ3v) is 4.27. The minimum atomic E-state index is -0.135. The molecule has 0 saturated heterocycles. The van der Waals surface area contributed by atoms with Gasteiger partial charge >= 0.3 is 0 Å². The highest BCUT2D eigenvalue weighted by atomic mass is 32.1. The van der Waals surface area contributed by atoms with Crippen LogP contribution in [0, 0.1) is 5.82 Å². The maximum absolute atomic E-state index is 13.8. The second-order valence-corrected chi connectivity index (χ2v) is 5.75. The molecule has 0 fully saturated rings. The highest BCUT2D eigenvalue weighted by Crippen LogP contribution is 2.27. The second-order valence-electron chi connectivity index (χ2n) is 4.77. The molecule has 0 aliphatic rings. The highest BCUT2D eigenvalue weighted by molar-refractivity contribution is 7.10. The van der Waals surface area contributed by atoms with Gasteiger partial charge in [-0.1, -0.05) is 37.6 Å². The average molecular weight is 277 g/mol. The molecular weight excluding hydrogens is 257 g/mol. The van der Waals surface area contributed by atoms with Crippen molar-refractivity contribution in [2.24, 2.45) is 0 Å². The van der Waals surface area contributed by atoms with E-state index >= 15 is 0 Å². The summed E-state index contributed by atoms with van der Waals surface area (Å²) >= 11 is 1.76. The van der Waals surface area contributed by atoms with E-state index in [9.17, 15) is 4.39 Å². The van der Waals surface area contributed by atoms with Gasteiger partial charge in [0.15, 0.2) is 0 Å². The zero-order chi connectivity index (χ0) is 13.7. The summed E-state index contributed by atoms with van der Waals surface area (Å²) in [6, 6.07) is 11.5. The van der Waals surface area contributed by atoms with Crippen molar-refractivity contribution >= 4 is 11.3 Å². The van der Waals surface area contributed by atoms with Gasteiger partial charge in [0.05, 0.1) is 0 Å². The Kier molecular flexibility index (Phi) is 5.11. The Balaban J connectivity index is 2.11. The van der Waals surface area contributed by atoms with Gasteiger partial charge in [0, 0.05) is 22.5 Å². The Hall–Kier alpha value is -1.19. The van der Waals surface area contributed by atoms with Crippen LogP contribution in [0.4, 0.5) is 4.39 Å². The molecular formula is C16H20FNS. The standard InChI is InChI=1S/C16H20FNS/c1-3-7-15(16-10-6-11-19-16)18-12(2)13-8-4-5-9-14(13)17/h4-6,8-12,15,18H,3,7H2,1-2H3. The molecule has 2 aromatic rings. The molecule has 0 aliphatic heterocycles. The van der Waals surface area contributed by atoms with Crippen molar-refractivity contribution in [1.82, 2.24) is 5.32 Å². The maximum atomic E-state index is 13.8. The second kappa shape index (κ2) is 6.83. The Morgan fingerprint density at radius 3 is 2.63 bits per heavy atom. The van der Waals surface area contributed by atoms with Crippen LogP contribution in [0.5, 0.6) is 0 Å². The monoisotopic (exact) mass is 277 g/mol. The average Bonchev–Trinajstić information content (AvgIpc) is 2.92. The SMILES string of the molecule is CCCC(NC(C)c1ccccc1F)c1cccs1. The number of rotatable bonds is 6. The lowest BCUT2D eigenvalue weighted by molar-refractivity contribution is 0.433. The Morgan fingerprint density at radius 1 is 1.21 bits per heavy atom. The molecule has 0 saturated carbocycles. The largest absolute Gasteiger partial charge is 0.303 e. The summed E-state index contributed by atoms with van der Waals surface area (Å²) in [5.74, 6) is -0.135. The van der Waals surface area contributed by atoms with Crippen molar-refractivity contribution in [2.45, 2.75) is 38.8 Å². The van der Waals surface area contributed by atoms with E-state index in [0.29, 0.717) is 6.04 Å². The number of hydrogen-bond acceptors (Lipinski definition) is 2. The van der Waals surface area contributed by atoms with Crippen molar-refractivity contribution in [3.05, 3.63) is 58.0 Å². The Morgan fingerprint density at radius 2 is 2.00 bits per heavy atom. The first kappa shape index (κ1) is 14.2. The molecule has 2 atom stereocenters. The fraction of sp³-hybridized carbons (Fsp3) is 0.375. The lowest BCUT2D eigenvalue weighted by atomic mass is 10.0. The van der Waals surface area contributed by atoms with Gasteiger partial charge in [0.25, 0.3) is 0 Å². The lowest BCUT2D eigenvalue weighted by Crippen LogP contribution is -2.24. The molecule has 0 radical (unpaired) electrons. The quantitative estimate of drug-likeness (QED) is 0.776. The number of halogens is 1. The molecule has 1 aromatic carbocycles. The minimum absolute atomic E-state index is 0.0137. The third kappa shape index (κ3) is 3.64. The molecule has 1 N–H and O–H groups in total. The van der Waals surface area contributed by atoms with Crippen molar-refractivity contribution in [3.63, 3.8) is 0 Å². The van der Waals surface area contributed by atoms with Gasteiger partial charge in [-0.15, -0.1) is 11.3 Å². The van der Waals surface area contributed by atoms with Gasteiger partial charge < -0.3 is 5.32 Å². The summed E-state index contributed by atoms with van der Waals surface area (Å²) in [6.45, 7) is 4.20. The lowest BCUT2D eigenvalue weighted by Gasteiger charge is -2.23. The van der Waals surface area contributed by atoms with Crippen molar-refractivity contribution < 1.29 is 4.39 Å². The molecule has 0 bridgehead atoms. The van der Waals surface area contributed by atoms with Gasteiger partial charge in [-0.25, -0.2) is 4.39 Å². The van der Waals surface area contributed by atoms with Crippen LogP contribution in [0.2, 0.25) is 0 Å². The zero-order valence-corrected chi connectivity index (χ0v) is 12.2. The summed E-state index contributed by atoms with van der Waals surface area (Å²) in [5, 5.41) is 5.64. The van der Waals surface area contributed by atoms with E-state index in [2.05, 4.69) is 29.8 Å². The van der Waals surface area contributed by atoms with E-state index in [-0.39, 0.29) is 11.9 Å². The van der Waals surface area contributed by atoms with Crippen LogP contribution in [0.15, 0.2) is 41.8 Å². The van der Waals surface area contributed by atoms with Crippen molar-refractivity contribution in [3.8, 4) is 0 Å². The van der Waals surface area contributed by atoms with Gasteiger partial charge in [-0.05, 0) is 30.9 Å². The molecule has 1 aromatic heterocycles. The van der Waals surface area contributed by atoms with Crippen LogP contribution in [-0.4, -0.2) is 0 Å². The zero-order valence-electron chi connectivity index (χ0n) is 11.4. The number of hydrogen-bond donors (Lipinski definition) is 1. The van der Waals surface area contributed by atoms with Gasteiger partial charge in [-0.3, -0.25) is 0 Å². The van der Waals surface area contributed by atoms with E-state index in [0.717, 1.165) is 18.4 Å². The van der Waals surface area contributed by atoms with Crippen LogP contribution in [0.3, 0.4) is 0 Å². The number of nitrogens with one attached hydrogen (secondary N) is 1. The number of benzene rings is 1. The van der Waals surface area contributed by atoms with Crippen LogP contribution < -0.4 is 5.32 Å². The molecule has 1 nitrogen and oxygen atoms in total. The summed E-state index contributed by atoms with van der Waals surface area (Å²) in [6.07, 6.45) is 2.18. The highest BCUT2D eigenvalue weighted by Gasteiger charge is 2.17. The molecule has 19 heavy (non-hydrogen) atoms. The van der Waals surface area contributed by atoms with E-state index in [1.54, 1.807) is 17.4 Å². The number of thiophene rings is 1. The minimum Gasteiger partial charge on any atom is -0.303 e. The predicted octanol–water partition coefficient (Wildman–Crippen LogP) is 5.08. The molecule has 0 amide bonds. The van der Waals surface area contributed by atoms with Crippen LogP contribution in [-0.2, 0) is 0 Å². The molecule has 2 unspecified atom stereocenters. The van der Waals surface area contributed by atoms with Gasteiger partial charge in [0.1, 0.15) is 5.82 Å². The molecule has 2 rings (SSSR count). The fourth-order valence-corrected chi connectivity index (χ4v) is 3.13. The first-order valence-corrected chi connectivity index (χ1v) is 7.64. The topological polar surface area (TPSA) is 12.0 Å². The molecule has 1 heterocycles. The van der Waals surface area contributed by atoms with E-state index in [1.807, 2.05) is 19.1 Å². The first-order chi connectivity index (χ1) is 9.22. The van der Waals surface area contributed by atoms with E-state index < -0.39 is 0 Å². The third-order valence-electron chi connectivity index (χ3n) is 3.29. The normalized spacial score (nSPS) is 14.3. The maximum Gasteiger partial charge on any atom is 0.127 e. The summed E-state index contributed by atoms with van der Waals surface area (Å²) < 4.78 is 13.8. The molecule has 3 heteroatoms. The van der Waals surface area contributed by atoms with Crippen LogP contribution >= 0.6 is 11.3 Å². The predicted molar refractivity (Wildman–Crippen MR) is 79.9 cm³/mol. The van der Waals surface area contributed by atoms with Gasteiger partial charge in [-0.2, -0.15) is 0 Å². The Bertz CT molecular complexity index is 495. The molecule has 0 aliphatic carbocycles. The fourth-order valence-electron chi connectivity index (χ4n) is 2.30. The van der Waals surface area contributed by atoms with Gasteiger partial charge in [0.2, 0.25) is 0 Å². The summed E-state index contributed by atoms with van der Waals surface area (Å²) in [4.78, 5) is 1.32. The van der Waals surface area contributed by atoms with E-state index in [1.165, 1.54) is 10.9 Å². The van der Waals surface area contributed by atoms with Crippen molar-refractivity contribution in [1.29, 1.82) is 0 Å². The molecule has 0 spiro atoms. The first-order valence-electron chi connectivity index (χ1n) is 6.76. The van der Waals surface area contributed by atoms with Crippen LogP contribution in [0.25, 0.3) is 0 Å². The smallest absolute Gasteiger partial charge is 0.127 e.